The molecule has 0 spiro atoms. The van der Waals surface area contributed by atoms with Gasteiger partial charge in [0.2, 0.25) is 0 Å². The van der Waals surface area contributed by atoms with E-state index in [9.17, 15) is 18.3 Å². The van der Waals surface area contributed by atoms with Crippen LogP contribution in [0.5, 0.6) is 11.5 Å². The van der Waals surface area contributed by atoms with Crippen LogP contribution >= 0.6 is 0 Å². The molecule has 0 aliphatic carbocycles. The molecule has 3 rings (SSSR count). The van der Waals surface area contributed by atoms with E-state index in [0.29, 0.717) is 24.7 Å². The highest BCUT2D eigenvalue weighted by Gasteiger charge is 2.30. The molecule has 240 valence electrons. The molecule has 4 atom stereocenters. The molecule has 0 radical (unpaired) electrons. The standard InChI is InChI=1S/C32H49N3O7S/c1-7-17-34(5)21-31-23(2)20-35(24(3)22-36)32(37)29-19-26(11-16-30(29)42-25(4)10-8-9-18-41-31)33-43(38,39)28-14-12-27(40-6)13-15-28/h11-16,19,23-25,31,33,36H,7-10,17-18,20-22H2,1-6H3/t23-,24-,25-,31-/m1/s1. The molecule has 1 amide bonds. The van der Waals surface area contributed by atoms with Crippen molar-refractivity contribution in [3.63, 3.8) is 0 Å². The minimum Gasteiger partial charge on any atom is -0.497 e. The number of hydrogen-bond acceptors (Lipinski definition) is 8. The van der Waals surface area contributed by atoms with E-state index >= 15 is 0 Å². The first kappa shape index (κ1) is 34.6. The number of methoxy groups -OCH3 is 1. The van der Waals surface area contributed by atoms with Crippen LogP contribution in [0.15, 0.2) is 47.4 Å². The second kappa shape index (κ2) is 16.3. The van der Waals surface area contributed by atoms with Crippen LogP contribution < -0.4 is 14.2 Å². The molecule has 0 saturated carbocycles. The topological polar surface area (TPSA) is 118 Å². The van der Waals surface area contributed by atoms with Crippen molar-refractivity contribution >= 4 is 21.6 Å². The van der Waals surface area contributed by atoms with Crippen LogP contribution in [0.3, 0.4) is 0 Å². The van der Waals surface area contributed by atoms with Gasteiger partial charge in [0.1, 0.15) is 11.5 Å². The summed E-state index contributed by atoms with van der Waals surface area (Å²) in [4.78, 5) is 18.2. The van der Waals surface area contributed by atoms with Crippen LogP contribution in [0.25, 0.3) is 0 Å². The highest BCUT2D eigenvalue weighted by atomic mass is 32.2. The zero-order valence-electron chi connectivity index (χ0n) is 26.4. The maximum absolute atomic E-state index is 14.2. The van der Waals surface area contributed by atoms with Crippen molar-refractivity contribution < 1.29 is 32.5 Å². The third kappa shape index (κ3) is 9.82. The number of benzene rings is 2. The lowest BCUT2D eigenvalue weighted by Crippen LogP contribution is -2.47. The fraction of sp³-hybridized carbons (Fsp3) is 0.594. The van der Waals surface area contributed by atoms with Crippen molar-refractivity contribution in [2.45, 2.75) is 76.5 Å². The number of anilines is 1. The Hall–Kier alpha value is -2.86. The van der Waals surface area contributed by atoms with Crippen LogP contribution in [0.1, 0.15) is 63.7 Å². The van der Waals surface area contributed by atoms with E-state index in [1.54, 1.807) is 36.1 Å². The number of aliphatic hydroxyl groups excluding tert-OH is 1. The minimum absolute atomic E-state index is 0.0275. The van der Waals surface area contributed by atoms with Crippen LogP contribution in [-0.4, -0.2) is 94.5 Å². The smallest absolute Gasteiger partial charge is 0.261 e. The summed E-state index contributed by atoms with van der Waals surface area (Å²) < 4.78 is 46.7. The van der Waals surface area contributed by atoms with E-state index < -0.39 is 16.1 Å². The van der Waals surface area contributed by atoms with Gasteiger partial charge in [-0.15, -0.1) is 0 Å². The monoisotopic (exact) mass is 619 g/mol. The molecular formula is C32H49N3O7S. The first-order valence-electron chi connectivity index (χ1n) is 15.2. The van der Waals surface area contributed by atoms with Crippen molar-refractivity contribution in [2.24, 2.45) is 5.92 Å². The number of aliphatic hydroxyl groups is 1. The first-order chi connectivity index (χ1) is 20.5. The lowest BCUT2D eigenvalue weighted by Gasteiger charge is -2.35. The summed E-state index contributed by atoms with van der Waals surface area (Å²) in [5, 5.41) is 10.1. The number of rotatable bonds is 10. The number of carbonyl (C=O) groups is 1. The van der Waals surface area contributed by atoms with Crippen molar-refractivity contribution in [2.75, 3.05) is 51.7 Å². The quantitative estimate of drug-likeness (QED) is 0.395. The molecule has 0 aromatic heterocycles. The maximum Gasteiger partial charge on any atom is 0.261 e. The molecule has 1 aliphatic rings. The zero-order chi connectivity index (χ0) is 31.6. The van der Waals surface area contributed by atoms with Gasteiger partial charge >= 0.3 is 0 Å². The Kier molecular flexibility index (Phi) is 13.1. The molecule has 0 fully saturated rings. The largest absolute Gasteiger partial charge is 0.497 e. The number of likely N-dealkylation sites (N-methyl/N-ethyl adjacent to an activating group) is 1. The normalized spacial score (nSPS) is 21.4. The second-order valence-corrected chi connectivity index (χ2v) is 13.2. The number of sulfonamides is 1. The van der Waals surface area contributed by atoms with E-state index in [2.05, 4.69) is 30.5 Å². The Labute approximate surface area is 257 Å². The van der Waals surface area contributed by atoms with E-state index in [4.69, 9.17) is 14.2 Å². The highest BCUT2D eigenvalue weighted by Crippen LogP contribution is 2.30. The lowest BCUT2D eigenvalue weighted by atomic mass is 10.0. The Balaban J connectivity index is 1.99. The summed E-state index contributed by atoms with van der Waals surface area (Å²) in [6, 6.07) is 10.3. The van der Waals surface area contributed by atoms with Gasteiger partial charge in [-0.05, 0) is 95.6 Å². The summed E-state index contributed by atoms with van der Waals surface area (Å²) in [6.07, 6.45) is 3.33. The summed E-state index contributed by atoms with van der Waals surface area (Å²) >= 11 is 0. The molecule has 0 bridgehead atoms. The van der Waals surface area contributed by atoms with Gasteiger partial charge in [-0.2, -0.15) is 0 Å². The minimum atomic E-state index is -3.94. The maximum atomic E-state index is 14.2. The Morgan fingerprint density at radius 2 is 1.88 bits per heavy atom. The molecule has 10 nitrogen and oxygen atoms in total. The SMILES string of the molecule is CCCN(C)C[C@H]1OCCCC[C@@H](C)Oc2ccc(NS(=O)(=O)c3ccc(OC)cc3)cc2C(=O)N([C@H](C)CO)C[C@H]1C. The molecule has 2 N–H and O–H groups in total. The third-order valence-electron chi connectivity index (χ3n) is 7.77. The number of hydrogen-bond donors (Lipinski definition) is 2. The number of fused-ring (bicyclic) bond motifs is 1. The molecule has 11 heteroatoms. The number of nitrogens with zero attached hydrogens (tertiary/aromatic N) is 2. The molecule has 1 aliphatic heterocycles. The summed E-state index contributed by atoms with van der Waals surface area (Å²) in [5.41, 5.74) is 0.458. The number of ether oxygens (including phenoxy) is 3. The summed E-state index contributed by atoms with van der Waals surface area (Å²) in [6.45, 7) is 10.4. The van der Waals surface area contributed by atoms with Crippen LogP contribution in [0.2, 0.25) is 0 Å². The predicted molar refractivity (Wildman–Crippen MR) is 168 cm³/mol. The summed E-state index contributed by atoms with van der Waals surface area (Å²) in [5.74, 6) is 0.540. The van der Waals surface area contributed by atoms with E-state index in [0.717, 1.165) is 38.8 Å². The lowest BCUT2D eigenvalue weighted by molar-refractivity contribution is -0.0167. The third-order valence-corrected chi connectivity index (χ3v) is 9.17. The van der Waals surface area contributed by atoms with Crippen molar-refractivity contribution in [1.82, 2.24) is 9.80 Å². The summed E-state index contributed by atoms with van der Waals surface area (Å²) in [7, 11) is -0.354. The van der Waals surface area contributed by atoms with E-state index in [1.807, 2.05) is 6.92 Å². The molecule has 2 aromatic carbocycles. The van der Waals surface area contributed by atoms with Gasteiger partial charge in [0.05, 0.1) is 42.4 Å². The van der Waals surface area contributed by atoms with Crippen LogP contribution in [0.4, 0.5) is 5.69 Å². The molecule has 0 saturated heterocycles. The van der Waals surface area contributed by atoms with Gasteiger partial charge < -0.3 is 29.1 Å². The van der Waals surface area contributed by atoms with Gasteiger partial charge in [-0.25, -0.2) is 8.42 Å². The first-order valence-corrected chi connectivity index (χ1v) is 16.7. The number of amides is 1. The zero-order valence-corrected chi connectivity index (χ0v) is 27.2. The predicted octanol–water partition coefficient (Wildman–Crippen LogP) is 4.63. The van der Waals surface area contributed by atoms with Gasteiger partial charge in [0.15, 0.2) is 0 Å². The molecule has 43 heavy (non-hydrogen) atoms. The van der Waals surface area contributed by atoms with Crippen molar-refractivity contribution in [1.29, 1.82) is 0 Å². The second-order valence-electron chi connectivity index (χ2n) is 11.6. The number of nitrogens with one attached hydrogen (secondary N) is 1. The fourth-order valence-corrected chi connectivity index (χ4v) is 6.25. The van der Waals surface area contributed by atoms with Crippen molar-refractivity contribution in [3.8, 4) is 11.5 Å². The Morgan fingerprint density at radius 3 is 2.53 bits per heavy atom. The fourth-order valence-electron chi connectivity index (χ4n) is 5.20. The molecule has 1 heterocycles. The number of carbonyl (C=O) groups excluding carboxylic acids is 1. The average Bonchev–Trinajstić information content (AvgIpc) is 2.98. The van der Waals surface area contributed by atoms with E-state index in [1.165, 1.54) is 25.3 Å². The Bertz CT molecular complexity index is 1270. The Morgan fingerprint density at radius 1 is 1.16 bits per heavy atom. The van der Waals surface area contributed by atoms with Crippen molar-refractivity contribution in [3.05, 3.63) is 48.0 Å². The van der Waals surface area contributed by atoms with Gasteiger partial charge in [-0.3, -0.25) is 9.52 Å². The average molecular weight is 620 g/mol. The van der Waals surface area contributed by atoms with Gasteiger partial charge in [0, 0.05) is 31.3 Å². The molecule has 0 unspecified atom stereocenters. The van der Waals surface area contributed by atoms with Crippen LogP contribution in [-0.2, 0) is 14.8 Å². The van der Waals surface area contributed by atoms with Gasteiger partial charge in [-0.1, -0.05) is 13.8 Å². The molecular weight excluding hydrogens is 570 g/mol. The van der Waals surface area contributed by atoms with E-state index in [-0.39, 0.29) is 46.8 Å². The highest BCUT2D eigenvalue weighted by molar-refractivity contribution is 7.92. The van der Waals surface area contributed by atoms with Gasteiger partial charge in [0.25, 0.3) is 15.9 Å². The molecule has 2 aromatic rings. The van der Waals surface area contributed by atoms with Crippen LogP contribution in [0, 0.1) is 5.92 Å².